The first kappa shape index (κ1) is 16.7. The molecule has 0 saturated carbocycles. The molecule has 0 saturated heterocycles. The number of nitrogens with one attached hydrogen (secondary N) is 2. The molecule has 0 aliphatic heterocycles. The molecule has 0 unspecified atom stereocenters. The molecule has 6 heteroatoms. The summed E-state index contributed by atoms with van der Waals surface area (Å²) in [6, 6.07) is 9.64. The summed E-state index contributed by atoms with van der Waals surface area (Å²) in [4.78, 5) is 16.0. The predicted octanol–water partition coefficient (Wildman–Crippen LogP) is 2.80. The molecule has 0 bridgehead atoms. The molecule has 2 rings (SSSR count). The molecule has 1 aromatic heterocycles. The number of benzene rings is 1. The molecule has 1 atom stereocenters. The standard InChI is InChI=1S/C17H20FN3O2/c1-12-6-5-9-19-15(12)11-21-17(22)20-10-13(2)23-16-8-4-3-7-14(16)18/h3-9,13H,10-11H2,1-2H3,(H2,20,21,22)/t13-/m0/s1. The SMILES string of the molecule is Cc1cccnc1CNC(=O)NC[C@H](C)Oc1ccccc1F. The zero-order valence-corrected chi connectivity index (χ0v) is 13.2. The number of aromatic nitrogens is 1. The van der Waals surface area contributed by atoms with E-state index >= 15 is 0 Å². The molecule has 0 aliphatic rings. The number of ether oxygens (including phenoxy) is 1. The van der Waals surface area contributed by atoms with Crippen LogP contribution in [0.2, 0.25) is 0 Å². The Kier molecular flexibility index (Phi) is 5.91. The summed E-state index contributed by atoms with van der Waals surface area (Å²) in [6.45, 7) is 4.31. The van der Waals surface area contributed by atoms with Gasteiger partial charge in [-0.3, -0.25) is 4.98 Å². The third-order valence-corrected chi connectivity index (χ3v) is 3.25. The van der Waals surface area contributed by atoms with E-state index in [1.54, 1.807) is 31.3 Å². The molecule has 0 spiro atoms. The average Bonchev–Trinajstić information content (AvgIpc) is 2.54. The van der Waals surface area contributed by atoms with Gasteiger partial charge in [-0.1, -0.05) is 18.2 Å². The van der Waals surface area contributed by atoms with E-state index in [4.69, 9.17) is 4.74 Å². The van der Waals surface area contributed by atoms with E-state index in [2.05, 4.69) is 15.6 Å². The maximum atomic E-state index is 13.5. The minimum atomic E-state index is -0.422. The highest BCUT2D eigenvalue weighted by Gasteiger charge is 2.10. The van der Waals surface area contributed by atoms with Gasteiger partial charge in [0, 0.05) is 6.20 Å². The van der Waals surface area contributed by atoms with Crippen molar-refractivity contribution in [2.45, 2.75) is 26.5 Å². The van der Waals surface area contributed by atoms with Gasteiger partial charge in [0.1, 0.15) is 6.10 Å². The van der Waals surface area contributed by atoms with Gasteiger partial charge in [-0.05, 0) is 37.6 Å². The van der Waals surface area contributed by atoms with Gasteiger partial charge in [0.25, 0.3) is 0 Å². The van der Waals surface area contributed by atoms with Crippen molar-refractivity contribution in [1.29, 1.82) is 0 Å². The Morgan fingerprint density at radius 3 is 2.78 bits per heavy atom. The largest absolute Gasteiger partial charge is 0.486 e. The van der Waals surface area contributed by atoms with Crippen LogP contribution in [0, 0.1) is 12.7 Å². The highest BCUT2D eigenvalue weighted by atomic mass is 19.1. The van der Waals surface area contributed by atoms with E-state index in [1.165, 1.54) is 6.07 Å². The molecular formula is C17H20FN3O2. The lowest BCUT2D eigenvalue weighted by Crippen LogP contribution is -2.40. The summed E-state index contributed by atoms with van der Waals surface area (Å²) in [5, 5.41) is 5.41. The fourth-order valence-electron chi connectivity index (χ4n) is 1.97. The molecule has 0 radical (unpaired) electrons. The number of carbonyl (C=O) groups excluding carboxylic acids is 1. The fourth-order valence-corrected chi connectivity index (χ4v) is 1.97. The first-order chi connectivity index (χ1) is 11.1. The van der Waals surface area contributed by atoms with Crippen LogP contribution in [0.15, 0.2) is 42.6 Å². The highest BCUT2D eigenvalue weighted by molar-refractivity contribution is 5.73. The van der Waals surface area contributed by atoms with Gasteiger partial charge < -0.3 is 15.4 Å². The van der Waals surface area contributed by atoms with Crippen molar-refractivity contribution >= 4 is 6.03 Å². The zero-order chi connectivity index (χ0) is 16.7. The molecule has 2 N–H and O–H groups in total. The number of carbonyl (C=O) groups is 1. The normalized spacial score (nSPS) is 11.6. The summed E-state index contributed by atoms with van der Waals surface area (Å²) in [7, 11) is 0. The first-order valence-corrected chi connectivity index (χ1v) is 7.39. The monoisotopic (exact) mass is 317 g/mol. The van der Waals surface area contributed by atoms with E-state index in [0.717, 1.165) is 11.3 Å². The Balaban J connectivity index is 1.74. The van der Waals surface area contributed by atoms with Crippen LogP contribution in [0.3, 0.4) is 0 Å². The number of rotatable bonds is 6. The maximum absolute atomic E-state index is 13.5. The van der Waals surface area contributed by atoms with Gasteiger partial charge in [-0.2, -0.15) is 0 Å². The number of nitrogens with zero attached hydrogens (tertiary/aromatic N) is 1. The topological polar surface area (TPSA) is 63.2 Å². The molecule has 0 aliphatic carbocycles. The Morgan fingerprint density at radius 2 is 2.04 bits per heavy atom. The smallest absolute Gasteiger partial charge is 0.315 e. The number of para-hydroxylation sites is 1. The minimum absolute atomic E-state index is 0.173. The zero-order valence-electron chi connectivity index (χ0n) is 13.2. The average molecular weight is 317 g/mol. The van der Waals surface area contributed by atoms with Gasteiger partial charge in [-0.15, -0.1) is 0 Å². The van der Waals surface area contributed by atoms with Crippen LogP contribution in [-0.4, -0.2) is 23.7 Å². The second-order valence-electron chi connectivity index (χ2n) is 5.19. The molecule has 0 fully saturated rings. The molecule has 1 aromatic carbocycles. The maximum Gasteiger partial charge on any atom is 0.315 e. The Hall–Kier alpha value is -2.63. The number of amides is 2. The van der Waals surface area contributed by atoms with Gasteiger partial charge in [0.15, 0.2) is 11.6 Å². The first-order valence-electron chi connectivity index (χ1n) is 7.39. The number of pyridine rings is 1. The molecule has 5 nitrogen and oxygen atoms in total. The lowest BCUT2D eigenvalue weighted by atomic mass is 10.2. The number of hydrogen-bond donors (Lipinski definition) is 2. The quantitative estimate of drug-likeness (QED) is 0.861. The van der Waals surface area contributed by atoms with Gasteiger partial charge in [-0.25, -0.2) is 9.18 Å². The van der Waals surface area contributed by atoms with Crippen LogP contribution >= 0.6 is 0 Å². The van der Waals surface area contributed by atoms with Crippen LogP contribution in [0.25, 0.3) is 0 Å². The summed E-state index contributed by atoms with van der Waals surface area (Å²) in [5.41, 5.74) is 1.84. The van der Waals surface area contributed by atoms with Crippen LogP contribution in [0.1, 0.15) is 18.2 Å². The van der Waals surface area contributed by atoms with Gasteiger partial charge in [0.05, 0.1) is 18.8 Å². The summed E-state index contributed by atoms with van der Waals surface area (Å²) >= 11 is 0. The predicted molar refractivity (Wildman–Crippen MR) is 85.7 cm³/mol. The minimum Gasteiger partial charge on any atom is -0.486 e. The van der Waals surface area contributed by atoms with Crippen molar-refractivity contribution in [1.82, 2.24) is 15.6 Å². The number of halogens is 1. The van der Waals surface area contributed by atoms with E-state index in [9.17, 15) is 9.18 Å². The van der Waals surface area contributed by atoms with E-state index in [1.807, 2.05) is 19.1 Å². The molecule has 1 heterocycles. The highest BCUT2D eigenvalue weighted by Crippen LogP contribution is 2.16. The number of urea groups is 1. The second kappa shape index (κ2) is 8.12. The Bertz CT molecular complexity index is 664. The van der Waals surface area contributed by atoms with Crippen LogP contribution < -0.4 is 15.4 Å². The van der Waals surface area contributed by atoms with Gasteiger partial charge in [0.2, 0.25) is 0 Å². The lowest BCUT2D eigenvalue weighted by Gasteiger charge is -2.16. The molecule has 2 aromatic rings. The van der Waals surface area contributed by atoms with Gasteiger partial charge >= 0.3 is 6.03 Å². The third-order valence-electron chi connectivity index (χ3n) is 3.25. The van der Waals surface area contributed by atoms with E-state index in [0.29, 0.717) is 6.54 Å². The van der Waals surface area contributed by atoms with Crippen molar-refractivity contribution in [3.05, 3.63) is 59.7 Å². The lowest BCUT2D eigenvalue weighted by molar-refractivity contribution is 0.201. The molecule has 122 valence electrons. The summed E-state index contributed by atoms with van der Waals surface area (Å²) in [5.74, 6) is -0.249. The molecule has 2 amide bonds. The van der Waals surface area contributed by atoms with Crippen molar-refractivity contribution < 1.29 is 13.9 Å². The molecular weight excluding hydrogens is 297 g/mol. The van der Waals surface area contributed by atoms with E-state index < -0.39 is 5.82 Å². The van der Waals surface area contributed by atoms with Crippen LogP contribution in [0.5, 0.6) is 5.75 Å². The van der Waals surface area contributed by atoms with Crippen molar-refractivity contribution in [2.24, 2.45) is 0 Å². The Labute approximate surface area is 134 Å². The molecule has 23 heavy (non-hydrogen) atoms. The fraction of sp³-hybridized carbons (Fsp3) is 0.294. The van der Waals surface area contributed by atoms with Crippen LogP contribution in [0.4, 0.5) is 9.18 Å². The third kappa shape index (κ3) is 5.25. The second-order valence-corrected chi connectivity index (χ2v) is 5.19. The van der Waals surface area contributed by atoms with E-state index in [-0.39, 0.29) is 24.4 Å². The summed E-state index contributed by atoms with van der Waals surface area (Å²) < 4.78 is 18.9. The Morgan fingerprint density at radius 1 is 1.26 bits per heavy atom. The van der Waals surface area contributed by atoms with Crippen molar-refractivity contribution in [3.63, 3.8) is 0 Å². The summed E-state index contributed by atoms with van der Waals surface area (Å²) in [6.07, 6.45) is 1.33. The number of hydrogen-bond acceptors (Lipinski definition) is 3. The van der Waals surface area contributed by atoms with Crippen molar-refractivity contribution in [3.8, 4) is 5.75 Å². The van der Waals surface area contributed by atoms with Crippen molar-refractivity contribution in [2.75, 3.05) is 6.54 Å². The van der Waals surface area contributed by atoms with Crippen LogP contribution in [-0.2, 0) is 6.54 Å². The number of aryl methyl sites for hydroxylation is 1.